The molecular formula is C11H8O2. The molecule has 1 N–H and O–H groups in total. The summed E-state index contributed by atoms with van der Waals surface area (Å²) in [6.07, 6.45) is 3.08. The highest BCUT2D eigenvalue weighted by atomic mass is 16.3. The Kier molecular flexibility index (Phi) is 1.55. The number of ketones is 1. The van der Waals surface area contributed by atoms with E-state index in [0.29, 0.717) is 11.1 Å². The van der Waals surface area contributed by atoms with Gasteiger partial charge in [-0.1, -0.05) is 24.8 Å². The van der Waals surface area contributed by atoms with Gasteiger partial charge in [-0.25, -0.2) is 0 Å². The van der Waals surface area contributed by atoms with Gasteiger partial charge in [-0.15, -0.1) is 0 Å². The lowest BCUT2D eigenvalue weighted by atomic mass is 9.92. The predicted molar refractivity (Wildman–Crippen MR) is 50.6 cm³/mol. The second-order valence-corrected chi connectivity index (χ2v) is 2.92. The van der Waals surface area contributed by atoms with Crippen LogP contribution in [-0.2, 0) is 0 Å². The van der Waals surface area contributed by atoms with Gasteiger partial charge >= 0.3 is 0 Å². The number of hydrogen-bond acceptors (Lipinski definition) is 2. The minimum atomic E-state index is -0.166. The van der Waals surface area contributed by atoms with E-state index in [9.17, 15) is 9.90 Å². The van der Waals surface area contributed by atoms with Crippen molar-refractivity contribution in [1.29, 1.82) is 0 Å². The van der Waals surface area contributed by atoms with Gasteiger partial charge in [0.2, 0.25) is 0 Å². The summed E-state index contributed by atoms with van der Waals surface area (Å²) in [6, 6.07) is 4.98. The topological polar surface area (TPSA) is 37.3 Å². The first kappa shape index (κ1) is 7.80. The molecule has 1 aromatic carbocycles. The summed E-state index contributed by atoms with van der Waals surface area (Å²) >= 11 is 0. The van der Waals surface area contributed by atoms with Crippen molar-refractivity contribution in [2.45, 2.75) is 0 Å². The molecule has 64 valence electrons. The summed E-state index contributed by atoms with van der Waals surface area (Å²) in [7, 11) is 0. The molecule has 1 aliphatic rings. The minimum Gasteiger partial charge on any atom is -0.507 e. The number of rotatable bonds is 0. The number of allylic oxidation sites excluding steroid dienone is 3. The lowest BCUT2D eigenvalue weighted by molar-refractivity contribution is 0.104. The highest BCUT2D eigenvalue weighted by Gasteiger charge is 2.18. The second kappa shape index (κ2) is 2.59. The zero-order valence-corrected chi connectivity index (χ0v) is 6.95. The Labute approximate surface area is 75.8 Å². The van der Waals surface area contributed by atoms with Crippen LogP contribution in [0.5, 0.6) is 5.75 Å². The zero-order chi connectivity index (χ0) is 9.42. The van der Waals surface area contributed by atoms with Crippen LogP contribution in [0.25, 0.3) is 5.57 Å². The zero-order valence-electron chi connectivity index (χ0n) is 6.95. The van der Waals surface area contributed by atoms with Crippen LogP contribution in [0.1, 0.15) is 15.9 Å². The Morgan fingerprint density at radius 2 is 2.00 bits per heavy atom. The molecule has 0 spiro atoms. The standard InChI is InChI=1S/C11H8O2/c1-7-5-6-10(13)11-8(7)3-2-4-9(11)12/h2-6,12H,1H2. The highest BCUT2D eigenvalue weighted by Crippen LogP contribution is 2.30. The van der Waals surface area contributed by atoms with Crippen LogP contribution in [0.3, 0.4) is 0 Å². The molecule has 13 heavy (non-hydrogen) atoms. The molecule has 0 bridgehead atoms. The first-order valence-electron chi connectivity index (χ1n) is 3.94. The van der Waals surface area contributed by atoms with Gasteiger partial charge in [0, 0.05) is 0 Å². The van der Waals surface area contributed by atoms with Crippen molar-refractivity contribution in [1.82, 2.24) is 0 Å². The van der Waals surface area contributed by atoms with E-state index >= 15 is 0 Å². The normalized spacial score (nSPS) is 14.5. The van der Waals surface area contributed by atoms with Crippen LogP contribution in [0, 0.1) is 0 Å². The molecule has 0 amide bonds. The molecule has 2 heteroatoms. The third kappa shape index (κ3) is 1.07. The average Bonchev–Trinajstić information content (AvgIpc) is 2.12. The van der Waals surface area contributed by atoms with Crippen molar-refractivity contribution in [3.05, 3.63) is 48.1 Å². The maximum atomic E-state index is 11.4. The third-order valence-corrected chi connectivity index (χ3v) is 2.07. The molecule has 1 aromatic rings. The Bertz CT molecular complexity index is 428. The Morgan fingerprint density at radius 1 is 1.23 bits per heavy atom. The van der Waals surface area contributed by atoms with E-state index in [2.05, 4.69) is 6.58 Å². The van der Waals surface area contributed by atoms with Crippen molar-refractivity contribution in [2.24, 2.45) is 0 Å². The monoisotopic (exact) mass is 172 g/mol. The molecular weight excluding hydrogens is 164 g/mol. The molecule has 0 unspecified atom stereocenters. The molecule has 0 heterocycles. The Morgan fingerprint density at radius 3 is 2.69 bits per heavy atom. The number of carbonyl (C=O) groups is 1. The van der Waals surface area contributed by atoms with E-state index in [0.717, 1.165) is 5.57 Å². The summed E-state index contributed by atoms with van der Waals surface area (Å²) in [5.41, 5.74) is 1.83. The first-order valence-corrected chi connectivity index (χ1v) is 3.94. The first-order chi connectivity index (χ1) is 6.20. The number of carbonyl (C=O) groups excluding carboxylic acids is 1. The van der Waals surface area contributed by atoms with Gasteiger partial charge in [-0.3, -0.25) is 4.79 Å². The molecule has 0 radical (unpaired) electrons. The van der Waals surface area contributed by atoms with E-state index in [1.54, 1.807) is 18.2 Å². The fourth-order valence-corrected chi connectivity index (χ4v) is 1.42. The Hall–Kier alpha value is -1.83. The number of benzene rings is 1. The summed E-state index contributed by atoms with van der Waals surface area (Å²) in [5, 5.41) is 9.45. The summed E-state index contributed by atoms with van der Waals surface area (Å²) < 4.78 is 0. The lowest BCUT2D eigenvalue weighted by Crippen LogP contribution is -2.04. The maximum absolute atomic E-state index is 11.4. The number of fused-ring (bicyclic) bond motifs is 1. The molecule has 2 rings (SSSR count). The van der Waals surface area contributed by atoms with Gasteiger partial charge in [0.1, 0.15) is 5.75 Å². The van der Waals surface area contributed by atoms with Crippen molar-refractivity contribution >= 4 is 11.4 Å². The third-order valence-electron chi connectivity index (χ3n) is 2.07. The van der Waals surface area contributed by atoms with Gasteiger partial charge in [0.15, 0.2) is 5.78 Å². The molecule has 0 aliphatic heterocycles. The molecule has 0 atom stereocenters. The molecule has 0 saturated carbocycles. The van der Waals surface area contributed by atoms with E-state index in [1.165, 1.54) is 12.1 Å². The number of aromatic hydroxyl groups is 1. The van der Waals surface area contributed by atoms with Crippen molar-refractivity contribution in [2.75, 3.05) is 0 Å². The van der Waals surface area contributed by atoms with Crippen molar-refractivity contribution in [3.63, 3.8) is 0 Å². The maximum Gasteiger partial charge on any atom is 0.190 e. The van der Waals surface area contributed by atoms with Crippen LogP contribution in [0.2, 0.25) is 0 Å². The molecule has 0 fully saturated rings. The lowest BCUT2D eigenvalue weighted by Gasteiger charge is -2.12. The van der Waals surface area contributed by atoms with Gasteiger partial charge in [-0.2, -0.15) is 0 Å². The van der Waals surface area contributed by atoms with E-state index in [4.69, 9.17) is 0 Å². The summed E-state index contributed by atoms with van der Waals surface area (Å²) in [6.45, 7) is 3.78. The minimum absolute atomic E-state index is 0.0213. The number of phenols is 1. The quantitative estimate of drug-likeness (QED) is 0.651. The van der Waals surface area contributed by atoms with Gasteiger partial charge in [0.05, 0.1) is 5.56 Å². The van der Waals surface area contributed by atoms with Crippen LogP contribution in [0.15, 0.2) is 36.9 Å². The van der Waals surface area contributed by atoms with E-state index < -0.39 is 0 Å². The Balaban J connectivity index is 2.76. The average molecular weight is 172 g/mol. The summed E-state index contributed by atoms with van der Waals surface area (Å²) in [5.74, 6) is -0.145. The predicted octanol–water partition coefficient (Wildman–Crippen LogP) is 2.16. The molecule has 0 saturated heterocycles. The summed E-state index contributed by atoms with van der Waals surface area (Å²) in [4.78, 5) is 11.4. The van der Waals surface area contributed by atoms with Gasteiger partial charge in [-0.05, 0) is 23.3 Å². The second-order valence-electron chi connectivity index (χ2n) is 2.92. The van der Waals surface area contributed by atoms with Crippen LogP contribution < -0.4 is 0 Å². The van der Waals surface area contributed by atoms with E-state index in [1.807, 2.05) is 0 Å². The molecule has 1 aliphatic carbocycles. The largest absolute Gasteiger partial charge is 0.507 e. The van der Waals surface area contributed by atoms with Crippen LogP contribution in [0.4, 0.5) is 0 Å². The highest BCUT2D eigenvalue weighted by molar-refractivity contribution is 6.13. The fraction of sp³-hybridized carbons (Fsp3) is 0. The van der Waals surface area contributed by atoms with E-state index in [-0.39, 0.29) is 11.5 Å². The van der Waals surface area contributed by atoms with Crippen molar-refractivity contribution < 1.29 is 9.90 Å². The smallest absolute Gasteiger partial charge is 0.190 e. The number of hydrogen-bond donors (Lipinski definition) is 1. The molecule has 0 aromatic heterocycles. The van der Waals surface area contributed by atoms with Gasteiger partial charge < -0.3 is 5.11 Å². The van der Waals surface area contributed by atoms with Crippen LogP contribution in [-0.4, -0.2) is 10.9 Å². The molecule has 2 nitrogen and oxygen atoms in total. The SMILES string of the molecule is C=C1C=CC(=O)c2c(O)cccc21. The fourth-order valence-electron chi connectivity index (χ4n) is 1.42. The van der Waals surface area contributed by atoms with Gasteiger partial charge in [0.25, 0.3) is 0 Å². The van der Waals surface area contributed by atoms with Crippen LogP contribution >= 0.6 is 0 Å². The number of phenolic OH excluding ortho intramolecular Hbond substituents is 1. The van der Waals surface area contributed by atoms with Crippen molar-refractivity contribution in [3.8, 4) is 5.75 Å².